The molecule has 0 saturated carbocycles. The Morgan fingerprint density at radius 2 is 1.75 bits per heavy atom. The molecule has 0 aliphatic heterocycles. The van der Waals surface area contributed by atoms with E-state index in [2.05, 4.69) is 10.6 Å². The number of carbonyl (C=O) groups excluding carboxylic acids is 1. The second kappa shape index (κ2) is 6.03. The maximum Gasteiger partial charge on any atom is 0.253 e. The molecule has 2 aromatic carbocycles. The van der Waals surface area contributed by atoms with Crippen LogP contribution in [-0.2, 0) is 0 Å². The molecule has 0 spiro atoms. The number of amides is 1. The largest absolute Gasteiger partial charge is 0.399 e. The van der Waals surface area contributed by atoms with Crippen molar-refractivity contribution < 1.29 is 4.79 Å². The highest BCUT2D eigenvalue weighted by molar-refractivity contribution is 6.35. The Bertz CT molecular complexity index is 639. The summed E-state index contributed by atoms with van der Waals surface area (Å²) in [6.45, 7) is 0. The molecule has 0 saturated heterocycles. The van der Waals surface area contributed by atoms with Gasteiger partial charge in [0, 0.05) is 28.5 Å². The molecule has 0 atom stereocenters. The zero-order chi connectivity index (χ0) is 14.7. The van der Waals surface area contributed by atoms with Gasteiger partial charge < -0.3 is 16.4 Å². The van der Waals surface area contributed by atoms with Crippen molar-refractivity contribution in [2.75, 3.05) is 18.1 Å². The SMILES string of the molecule is CNC(=O)c1ccc(N)cc1Nc1cc(Cl)cc(Cl)c1. The predicted molar refractivity (Wildman–Crippen MR) is 84.0 cm³/mol. The predicted octanol–water partition coefficient (Wildman–Crippen LogP) is 3.68. The van der Waals surface area contributed by atoms with Crippen LogP contribution in [0.2, 0.25) is 10.0 Å². The smallest absolute Gasteiger partial charge is 0.253 e. The molecule has 2 aromatic rings. The summed E-state index contributed by atoms with van der Waals surface area (Å²) in [7, 11) is 1.57. The first kappa shape index (κ1) is 14.5. The fraction of sp³-hybridized carbons (Fsp3) is 0.0714. The fourth-order valence-electron chi connectivity index (χ4n) is 1.78. The average Bonchev–Trinajstić information content (AvgIpc) is 2.37. The van der Waals surface area contributed by atoms with Gasteiger partial charge in [-0.3, -0.25) is 4.79 Å². The van der Waals surface area contributed by atoms with Crippen LogP contribution < -0.4 is 16.4 Å². The van der Waals surface area contributed by atoms with E-state index >= 15 is 0 Å². The Balaban J connectivity index is 2.41. The number of benzene rings is 2. The summed E-state index contributed by atoms with van der Waals surface area (Å²) >= 11 is 11.9. The zero-order valence-electron chi connectivity index (χ0n) is 10.7. The quantitative estimate of drug-likeness (QED) is 0.758. The van der Waals surface area contributed by atoms with Crippen LogP contribution in [0.4, 0.5) is 17.1 Å². The molecule has 0 unspecified atom stereocenters. The Kier molecular flexibility index (Phi) is 4.37. The number of carbonyl (C=O) groups is 1. The lowest BCUT2D eigenvalue weighted by atomic mass is 10.1. The lowest BCUT2D eigenvalue weighted by Crippen LogP contribution is -2.19. The maximum atomic E-state index is 11.8. The third-order valence-electron chi connectivity index (χ3n) is 2.66. The van der Waals surface area contributed by atoms with E-state index in [0.717, 1.165) is 0 Å². The van der Waals surface area contributed by atoms with Crippen LogP contribution in [0.3, 0.4) is 0 Å². The van der Waals surface area contributed by atoms with Gasteiger partial charge in [-0.15, -0.1) is 0 Å². The van der Waals surface area contributed by atoms with Crippen LogP contribution in [0.5, 0.6) is 0 Å². The third-order valence-corrected chi connectivity index (χ3v) is 3.09. The Morgan fingerprint density at radius 3 is 2.35 bits per heavy atom. The molecule has 0 aliphatic rings. The molecule has 1 amide bonds. The molecule has 4 nitrogen and oxygen atoms in total. The topological polar surface area (TPSA) is 67.2 Å². The minimum atomic E-state index is -0.208. The minimum Gasteiger partial charge on any atom is -0.399 e. The van der Waals surface area contributed by atoms with E-state index in [1.54, 1.807) is 43.4 Å². The normalized spacial score (nSPS) is 10.2. The lowest BCUT2D eigenvalue weighted by Gasteiger charge is -2.12. The Hall–Kier alpha value is -1.91. The molecule has 104 valence electrons. The first-order chi connectivity index (χ1) is 9.49. The van der Waals surface area contributed by atoms with E-state index in [1.165, 1.54) is 0 Å². The molecule has 0 heterocycles. The van der Waals surface area contributed by atoms with Crippen molar-refractivity contribution in [3.05, 3.63) is 52.0 Å². The number of nitrogen functional groups attached to an aromatic ring is 1. The van der Waals surface area contributed by atoms with Crippen LogP contribution >= 0.6 is 23.2 Å². The molecule has 0 aromatic heterocycles. The Morgan fingerprint density at radius 1 is 1.10 bits per heavy atom. The number of hydrogen-bond donors (Lipinski definition) is 3. The number of rotatable bonds is 3. The van der Waals surface area contributed by atoms with E-state index < -0.39 is 0 Å². The van der Waals surface area contributed by atoms with Crippen LogP contribution in [0.1, 0.15) is 10.4 Å². The summed E-state index contributed by atoms with van der Waals surface area (Å²) < 4.78 is 0. The van der Waals surface area contributed by atoms with Gasteiger partial charge in [-0.25, -0.2) is 0 Å². The van der Waals surface area contributed by atoms with Gasteiger partial charge in [0.2, 0.25) is 0 Å². The summed E-state index contributed by atoms with van der Waals surface area (Å²) in [5, 5.41) is 6.69. The highest BCUT2D eigenvalue weighted by atomic mass is 35.5. The standard InChI is InChI=1S/C14H13Cl2N3O/c1-18-14(20)12-3-2-10(17)7-13(12)19-11-5-8(15)4-9(16)6-11/h2-7,19H,17H2,1H3,(H,18,20). The van der Waals surface area contributed by atoms with Gasteiger partial charge in [-0.1, -0.05) is 23.2 Å². The number of nitrogens with two attached hydrogens (primary N) is 1. The van der Waals surface area contributed by atoms with Gasteiger partial charge in [0.05, 0.1) is 11.3 Å². The molecular formula is C14H13Cl2N3O. The molecular weight excluding hydrogens is 297 g/mol. The summed E-state index contributed by atoms with van der Waals surface area (Å²) in [5.41, 5.74) is 8.06. The number of halogens is 2. The molecule has 2 rings (SSSR count). The van der Waals surface area contributed by atoms with Gasteiger partial charge in [-0.05, 0) is 36.4 Å². The van der Waals surface area contributed by atoms with E-state index in [4.69, 9.17) is 28.9 Å². The highest BCUT2D eigenvalue weighted by Crippen LogP contribution is 2.28. The van der Waals surface area contributed by atoms with Gasteiger partial charge in [-0.2, -0.15) is 0 Å². The van der Waals surface area contributed by atoms with Gasteiger partial charge in [0.25, 0.3) is 5.91 Å². The van der Waals surface area contributed by atoms with Crippen molar-refractivity contribution in [3.63, 3.8) is 0 Å². The molecule has 0 bridgehead atoms. The van der Waals surface area contributed by atoms with Gasteiger partial charge in [0.1, 0.15) is 0 Å². The van der Waals surface area contributed by atoms with Crippen LogP contribution in [0.15, 0.2) is 36.4 Å². The van der Waals surface area contributed by atoms with Crippen molar-refractivity contribution in [1.29, 1.82) is 0 Å². The third kappa shape index (κ3) is 3.35. The molecule has 4 N–H and O–H groups in total. The molecule has 0 radical (unpaired) electrons. The average molecular weight is 310 g/mol. The van der Waals surface area contributed by atoms with E-state index in [1.807, 2.05) is 0 Å². The first-order valence-corrected chi connectivity index (χ1v) is 6.60. The van der Waals surface area contributed by atoms with E-state index in [-0.39, 0.29) is 5.91 Å². The lowest BCUT2D eigenvalue weighted by molar-refractivity contribution is 0.0964. The van der Waals surface area contributed by atoms with Crippen molar-refractivity contribution in [1.82, 2.24) is 5.32 Å². The van der Waals surface area contributed by atoms with Crippen molar-refractivity contribution in [3.8, 4) is 0 Å². The summed E-state index contributed by atoms with van der Waals surface area (Å²) in [6.07, 6.45) is 0. The summed E-state index contributed by atoms with van der Waals surface area (Å²) in [4.78, 5) is 11.8. The molecule has 0 fully saturated rings. The number of anilines is 3. The van der Waals surface area contributed by atoms with Crippen LogP contribution in [-0.4, -0.2) is 13.0 Å². The van der Waals surface area contributed by atoms with Gasteiger partial charge in [0.15, 0.2) is 0 Å². The highest BCUT2D eigenvalue weighted by Gasteiger charge is 2.11. The summed E-state index contributed by atoms with van der Waals surface area (Å²) in [5.74, 6) is -0.208. The first-order valence-electron chi connectivity index (χ1n) is 5.84. The van der Waals surface area contributed by atoms with Crippen molar-refractivity contribution >= 4 is 46.2 Å². The minimum absolute atomic E-state index is 0.208. The number of nitrogens with one attached hydrogen (secondary N) is 2. The van der Waals surface area contributed by atoms with Gasteiger partial charge >= 0.3 is 0 Å². The van der Waals surface area contributed by atoms with Crippen LogP contribution in [0.25, 0.3) is 0 Å². The second-order valence-electron chi connectivity index (χ2n) is 4.17. The molecule has 6 heteroatoms. The molecule has 20 heavy (non-hydrogen) atoms. The van der Waals surface area contributed by atoms with E-state index in [0.29, 0.717) is 32.7 Å². The second-order valence-corrected chi connectivity index (χ2v) is 5.04. The van der Waals surface area contributed by atoms with E-state index in [9.17, 15) is 4.79 Å². The molecule has 0 aliphatic carbocycles. The van der Waals surface area contributed by atoms with Crippen molar-refractivity contribution in [2.24, 2.45) is 0 Å². The fourth-order valence-corrected chi connectivity index (χ4v) is 2.31. The van der Waals surface area contributed by atoms with Crippen molar-refractivity contribution in [2.45, 2.75) is 0 Å². The number of hydrogen-bond acceptors (Lipinski definition) is 3. The summed E-state index contributed by atoms with van der Waals surface area (Å²) in [6, 6.07) is 10.1. The maximum absolute atomic E-state index is 11.8. The zero-order valence-corrected chi connectivity index (χ0v) is 12.2. The van der Waals surface area contributed by atoms with Crippen LogP contribution in [0, 0.1) is 0 Å². The monoisotopic (exact) mass is 309 g/mol. The Labute approximate surface area is 126 Å².